The van der Waals surface area contributed by atoms with Gasteiger partial charge in [-0.3, -0.25) is 4.79 Å². The number of hydrogen-bond donors (Lipinski definition) is 2. The summed E-state index contributed by atoms with van der Waals surface area (Å²) in [5, 5.41) is 2.39. The van der Waals surface area contributed by atoms with Crippen LogP contribution < -0.4 is 34.9 Å². The van der Waals surface area contributed by atoms with Crippen LogP contribution in [0.15, 0.2) is 0 Å². The molecule has 2 N–H and O–H groups in total. The van der Waals surface area contributed by atoms with Crippen LogP contribution in [0.2, 0.25) is 0 Å². The second-order valence-electron chi connectivity index (χ2n) is 1.02. The summed E-state index contributed by atoms with van der Waals surface area (Å²) in [5.74, 6) is 0.00463. The predicted octanol–water partition coefficient (Wildman–Crippen LogP) is -3.91. The third-order valence-corrected chi connectivity index (χ3v) is 0.352. The minimum atomic E-state index is -2.86. The van der Waals surface area contributed by atoms with E-state index in [1.54, 1.807) is 7.05 Å². The molecule has 5 nitrogen and oxygen atoms in total. The molecule has 0 radical (unpaired) electrons. The van der Waals surface area contributed by atoms with Crippen molar-refractivity contribution in [1.82, 2.24) is 5.32 Å². The van der Waals surface area contributed by atoms with E-state index < -0.39 is 11.4 Å². The minimum Gasteiger partial charge on any atom is -0.750 e. The number of amides is 1. The molecule has 10 heavy (non-hydrogen) atoms. The zero-order chi connectivity index (χ0) is 7.86. The second kappa shape index (κ2) is 12.2. The largest absolute Gasteiger partial charge is 1.00 e. The Balaban J connectivity index is -0.0000000910. The van der Waals surface area contributed by atoms with E-state index in [1.165, 1.54) is 6.92 Å². The molecule has 1 amide bonds. The third-order valence-electron chi connectivity index (χ3n) is 0.352. The van der Waals surface area contributed by atoms with Crippen LogP contribution in [0, 0.1) is 0 Å². The van der Waals surface area contributed by atoms with Gasteiger partial charge in [-0.2, -0.15) is 0 Å². The Morgan fingerprint density at radius 2 is 1.80 bits per heavy atom. The van der Waals surface area contributed by atoms with Crippen LogP contribution in [0.25, 0.3) is 0 Å². The molecule has 1 atom stereocenters. The molecule has 0 aromatic rings. The Morgan fingerprint density at radius 1 is 1.70 bits per heavy atom. The Kier molecular flexibility index (Phi) is 20.6. The first-order chi connectivity index (χ1) is 4.00. The SMILES string of the molecule is CNC(C)=O.O=S([O-])O.[Na+]. The molecule has 0 saturated carbocycles. The monoisotopic (exact) mass is 177 g/mol. The maximum atomic E-state index is 9.70. The summed E-state index contributed by atoms with van der Waals surface area (Å²) in [4.78, 5) is 9.70. The molecule has 0 fully saturated rings. The first-order valence-corrected chi connectivity index (χ1v) is 3.00. The summed E-state index contributed by atoms with van der Waals surface area (Å²) in [5.41, 5.74) is 0. The van der Waals surface area contributed by atoms with Crippen LogP contribution in [0.3, 0.4) is 0 Å². The summed E-state index contributed by atoms with van der Waals surface area (Å²) >= 11 is -2.86. The molecule has 0 aliphatic rings. The van der Waals surface area contributed by atoms with E-state index in [0.29, 0.717) is 0 Å². The molecule has 0 rings (SSSR count). The van der Waals surface area contributed by atoms with E-state index in [1.807, 2.05) is 0 Å². The average Bonchev–Trinajstić information content (AvgIpc) is 1.65. The Hall–Kier alpha value is 0.540. The summed E-state index contributed by atoms with van der Waals surface area (Å²) in [6.07, 6.45) is 0. The van der Waals surface area contributed by atoms with Crippen molar-refractivity contribution in [2.75, 3.05) is 7.05 Å². The summed E-state index contributed by atoms with van der Waals surface area (Å²) < 4.78 is 24.1. The fourth-order valence-corrected chi connectivity index (χ4v) is 0. The van der Waals surface area contributed by atoms with Crippen molar-refractivity contribution < 1.29 is 47.7 Å². The van der Waals surface area contributed by atoms with Gasteiger partial charge in [0.05, 0.1) is 11.4 Å². The van der Waals surface area contributed by atoms with Gasteiger partial charge in [0.15, 0.2) is 0 Å². The normalized spacial score (nSPS) is 9.60. The zero-order valence-electron chi connectivity index (χ0n) is 6.08. The first kappa shape index (κ1) is 16.9. The van der Waals surface area contributed by atoms with E-state index in [0.717, 1.165) is 0 Å². The molecular weight excluding hydrogens is 169 g/mol. The molecule has 0 aromatic heterocycles. The number of carbonyl (C=O) groups is 1. The van der Waals surface area contributed by atoms with Crippen LogP contribution in [-0.4, -0.2) is 26.3 Å². The zero-order valence-corrected chi connectivity index (χ0v) is 8.90. The van der Waals surface area contributed by atoms with Crippen LogP contribution in [0.4, 0.5) is 0 Å². The smallest absolute Gasteiger partial charge is 0.750 e. The van der Waals surface area contributed by atoms with Crippen molar-refractivity contribution in [3.8, 4) is 0 Å². The van der Waals surface area contributed by atoms with Gasteiger partial charge in [-0.25, -0.2) is 4.21 Å². The van der Waals surface area contributed by atoms with Gasteiger partial charge in [-0.05, 0) is 0 Å². The van der Waals surface area contributed by atoms with Gasteiger partial charge < -0.3 is 14.4 Å². The van der Waals surface area contributed by atoms with Gasteiger partial charge in [0.2, 0.25) is 5.91 Å². The summed E-state index contributed by atoms with van der Waals surface area (Å²) in [6, 6.07) is 0. The van der Waals surface area contributed by atoms with Crippen molar-refractivity contribution in [2.24, 2.45) is 0 Å². The number of hydrogen-bond acceptors (Lipinski definition) is 3. The fraction of sp³-hybridized carbons (Fsp3) is 0.667. The van der Waals surface area contributed by atoms with Gasteiger partial charge in [0, 0.05) is 14.0 Å². The quantitative estimate of drug-likeness (QED) is 0.292. The molecule has 0 aliphatic heterocycles. The minimum absolute atomic E-state index is 0. The van der Waals surface area contributed by atoms with E-state index in [-0.39, 0.29) is 35.5 Å². The van der Waals surface area contributed by atoms with Crippen molar-refractivity contribution in [3.63, 3.8) is 0 Å². The number of carbonyl (C=O) groups excluding carboxylic acids is 1. The van der Waals surface area contributed by atoms with Gasteiger partial charge in [-0.1, -0.05) is 0 Å². The van der Waals surface area contributed by atoms with Gasteiger partial charge in [0.25, 0.3) is 0 Å². The Morgan fingerprint density at radius 3 is 1.80 bits per heavy atom. The van der Waals surface area contributed by atoms with Gasteiger partial charge >= 0.3 is 29.6 Å². The van der Waals surface area contributed by atoms with Gasteiger partial charge in [-0.15, -0.1) is 0 Å². The Bertz CT molecular complexity index is 105. The van der Waals surface area contributed by atoms with Crippen LogP contribution in [0.5, 0.6) is 0 Å². The maximum Gasteiger partial charge on any atom is 1.00 e. The third kappa shape index (κ3) is 75.3. The molecule has 7 heteroatoms. The van der Waals surface area contributed by atoms with Crippen molar-refractivity contribution in [3.05, 3.63) is 0 Å². The van der Waals surface area contributed by atoms with E-state index in [4.69, 9.17) is 13.3 Å². The van der Waals surface area contributed by atoms with Crippen LogP contribution in [-0.2, 0) is 16.2 Å². The molecule has 56 valence electrons. The molecule has 0 spiro atoms. The Labute approximate surface area is 84.0 Å². The van der Waals surface area contributed by atoms with E-state index >= 15 is 0 Å². The molecule has 0 aliphatic carbocycles. The summed E-state index contributed by atoms with van der Waals surface area (Å²) in [6.45, 7) is 1.47. The topological polar surface area (TPSA) is 89.5 Å². The molecule has 0 saturated heterocycles. The van der Waals surface area contributed by atoms with Gasteiger partial charge in [0.1, 0.15) is 0 Å². The van der Waals surface area contributed by atoms with Crippen molar-refractivity contribution in [2.45, 2.75) is 6.92 Å². The number of rotatable bonds is 0. The first-order valence-electron chi connectivity index (χ1n) is 1.97. The van der Waals surface area contributed by atoms with Crippen molar-refractivity contribution >= 4 is 17.3 Å². The van der Waals surface area contributed by atoms with E-state index in [9.17, 15) is 4.79 Å². The summed E-state index contributed by atoms with van der Waals surface area (Å²) in [7, 11) is 1.60. The van der Waals surface area contributed by atoms with E-state index in [2.05, 4.69) is 5.32 Å². The maximum absolute atomic E-state index is 9.70. The standard InChI is InChI=1S/C3H7NO.Na.H2O3S/c1-3(5)4-2;;1-4(2)3/h1-2H3,(H,4,5);;(H2,1,2,3)/q;+1;/p-1. The number of nitrogens with one attached hydrogen (secondary N) is 1. The predicted molar refractivity (Wildman–Crippen MR) is 31.3 cm³/mol. The molecular formula is C3H8NNaO4S. The molecule has 0 bridgehead atoms. The fourth-order valence-electron chi connectivity index (χ4n) is 0. The van der Waals surface area contributed by atoms with Crippen LogP contribution >= 0.6 is 0 Å². The molecule has 0 aromatic carbocycles. The average molecular weight is 177 g/mol. The second-order valence-corrected chi connectivity index (χ2v) is 1.46. The molecule has 1 unspecified atom stereocenters. The van der Waals surface area contributed by atoms with Crippen molar-refractivity contribution in [1.29, 1.82) is 0 Å². The molecule has 0 heterocycles. The van der Waals surface area contributed by atoms with Crippen LogP contribution in [0.1, 0.15) is 6.92 Å².